The van der Waals surface area contributed by atoms with Gasteiger partial charge >= 0.3 is 247 Å². The minimum absolute atomic E-state index is 1.15. The van der Waals surface area contributed by atoms with E-state index in [9.17, 15) is 0 Å². The molecule has 0 aliphatic carbocycles. The second-order valence-corrected chi connectivity index (χ2v) is 17.9. The molecule has 1 aliphatic rings. The molecular weight excluding hydrogens is 642 g/mol. The topological polar surface area (TPSA) is 8.17 Å². The van der Waals surface area contributed by atoms with Crippen molar-refractivity contribution in [3.63, 3.8) is 0 Å². The van der Waals surface area contributed by atoms with Crippen LogP contribution in [0.3, 0.4) is 0 Å². The summed E-state index contributed by atoms with van der Waals surface area (Å²) in [5.74, 6) is 0. The van der Waals surface area contributed by atoms with Crippen LogP contribution in [0.15, 0.2) is 176 Å². The van der Waals surface area contributed by atoms with Crippen LogP contribution in [0.5, 0.6) is 0 Å². The van der Waals surface area contributed by atoms with Crippen LogP contribution in [0, 0.1) is 0 Å². The third-order valence-corrected chi connectivity index (χ3v) is 16.2. The quantitative estimate of drug-likeness (QED) is 0.131. The average Bonchev–Trinajstić information content (AvgIpc) is 3.48. The molecule has 1 aliphatic heterocycles. The van der Waals surface area contributed by atoms with Crippen molar-refractivity contribution < 1.29 is 0 Å². The van der Waals surface area contributed by atoms with Gasteiger partial charge in [-0.05, 0) is 0 Å². The summed E-state index contributed by atoms with van der Waals surface area (Å²) in [5, 5.41) is 6.56. The zero-order valence-electron chi connectivity index (χ0n) is 25.0. The number of aromatic nitrogens is 1. The molecule has 0 bridgehead atoms. The third-order valence-electron chi connectivity index (χ3n) is 9.19. The molecule has 7 aromatic carbocycles. The molecule has 4 heteroatoms. The van der Waals surface area contributed by atoms with E-state index in [0.29, 0.717) is 0 Å². The number of rotatable bonds is 5. The van der Waals surface area contributed by atoms with E-state index in [-0.39, 0.29) is 0 Å². The summed E-state index contributed by atoms with van der Waals surface area (Å²) >= 11 is 3.70. The van der Waals surface area contributed by atoms with Gasteiger partial charge in [-0.25, -0.2) is 0 Å². The van der Waals surface area contributed by atoms with Gasteiger partial charge in [-0.15, -0.1) is 0 Å². The molecule has 0 unspecified atom stereocenters. The van der Waals surface area contributed by atoms with Gasteiger partial charge in [0, 0.05) is 0 Å². The number of nitrogens with zero attached hydrogens (tertiary/aromatic N) is 2. The number of anilines is 3. The maximum atomic E-state index is 3.70. The molecular formula is C42H29N2PSe. The van der Waals surface area contributed by atoms with Crippen LogP contribution in [0.25, 0.3) is 38.6 Å². The van der Waals surface area contributed by atoms with Crippen LogP contribution in [0.4, 0.5) is 17.1 Å². The molecule has 8 aromatic rings. The predicted octanol–water partition coefficient (Wildman–Crippen LogP) is 9.61. The first-order valence-electron chi connectivity index (χ1n) is 15.6. The molecule has 0 atom stereocenters. The van der Waals surface area contributed by atoms with E-state index >= 15 is 0 Å². The molecule has 2 nitrogen and oxygen atoms in total. The zero-order valence-corrected chi connectivity index (χ0v) is 27.6. The van der Waals surface area contributed by atoms with E-state index in [1.165, 1.54) is 65.9 Å². The fourth-order valence-electron chi connectivity index (χ4n) is 7.07. The van der Waals surface area contributed by atoms with Crippen LogP contribution >= 0.6 is 5.51 Å². The fraction of sp³-hybridized carbons (Fsp3) is 0. The van der Waals surface area contributed by atoms with Gasteiger partial charge in [-0.1, -0.05) is 30.3 Å². The maximum absolute atomic E-state index is 3.70. The average molecular weight is 672 g/mol. The summed E-state index contributed by atoms with van der Waals surface area (Å²) in [6, 6.07) is 64.2. The van der Waals surface area contributed by atoms with Crippen molar-refractivity contribution >= 4 is 75.4 Å². The number of hydrogen-bond donors (Lipinski definition) is 0. The van der Waals surface area contributed by atoms with E-state index in [1.807, 2.05) is 0 Å². The van der Waals surface area contributed by atoms with E-state index < -0.39 is 5.51 Å². The second kappa shape index (κ2) is 10.9. The molecule has 0 fully saturated rings. The van der Waals surface area contributed by atoms with Crippen LogP contribution < -0.4 is 20.8 Å². The normalized spacial score (nSPS) is 12.4. The van der Waals surface area contributed by atoms with Gasteiger partial charge < -0.3 is 0 Å². The molecule has 2 heterocycles. The van der Waals surface area contributed by atoms with Gasteiger partial charge in [0.05, 0.1) is 0 Å². The molecule has 46 heavy (non-hydrogen) atoms. The van der Waals surface area contributed by atoms with Crippen molar-refractivity contribution in [3.8, 4) is 16.8 Å². The van der Waals surface area contributed by atoms with Crippen molar-refractivity contribution in [1.82, 2.24) is 4.57 Å². The van der Waals surface area contributed by atoms with Gasteiger partial charge in [0.15, 0.2) is 0 Å². The molecule has 9 rings (SSSR count). The Kier molecular flexibility index (Phi) is 6.47. The first-order valence-corrected chi connectivity index (χ1v) is 19.6. The Labute approximate surface area is 276 Å². The van der Waals surface area contributed by atoms with Crippen LogP contribution in [0.1, 0.15) is 0 Å². The second-order valence-electron chi connectivity index (χ2n) is 11.7. The van der Waals surface area contributed by atoms with Crippen molar-refractivity contribution in [1.29, 1.82) is 0 Å². The molecule has 0 N–H and O–H groups in total. The molecule has 0 saturated carbocycles. The van der Waals surface area contributed by atoms with E-state index in [0.717, 1.165) is 5.69 Å². The van der Waals surface area contributed by atoms with Crippen LogP contribution in [-0.2, 0) is 0 Å². The van der Waals surface area contributed by atoms with E-state index in [4.69, 9.17) is 0 Å². The third kappa shape index (κ3) is 4.14. The predicted molar refractivity (Wildman–Crippen MR) is 199 cm³/mol. The van der Waals surface area contributed by atoms with Crippen LogP contribution in [-0.4, -0.2) is 19.7 Å². The van der Waals surface area contributed by atoms with Crippen LogP contribution in [0.2, 0.25) is 0 Å². The first-order chi connectivity index (χ1) is 22.7. The number of hydrogen-bond acceptors (Lipinski definition) is 1. The van der Waals surface area contributed by atoms with Gasteiger partial charge in [-0.3, -0.25) is 0 Å². The summed E-state index contributed by atoms with van der Waals surface area (Å²) in [7, 11) is 0. The summed E-state index contributed by atoms with van der Waals surface area (Å²) in [4.78, 5) is 2.43. The Bertz CT molecular complexity index is 2390. The van der Waals surface area contributed by atoms with Crippen molar-refractivity contribution in [2.45, 2.75) is 0 Å². The minimum atomic E-state index is -1.92. The first kappa shape index (κ1) is 27.4. The van der Waals surface area contributed by atoms with E-state index in [2.05, 4.69) is 200 Å². The molecule has 0 saturated heterocycles. The van der Waals surface area contributed by atoms with Gasteiger partial charge in [0.25, 0.3) is 0 Å². The Morgan fingerprint density at radius 2 is 0.978 bits per heavy atom. The zero-order chi connectivity index (χ0) is 30.7. The van der Waals surface area contributed by atoms with Gasteiger partial charge in [0.1, 0.15) is 0 Å². The van der Waals surface area contributed by atoms with Crippen molar-refractivity contribution in [2.75, 3.05) is 4.90 Å². The standard InChI is InChI=1S/C42H29N2PSe/c46-45(33-15-6-2-7-16-33,34-17-8-3-9-18-34)35-26-23-30(24-27-35)31-25-28-39-41(29-31)43(32-13-4-1-5-14-32)40-22-12-20-37-36-19-10-11-21-38(36)44(39)42(37)40/h1-29H. The Morgan fingerprint density at radius 1 is 0.413 bits per heavy atom. The number of para-hydroxylation sites is 3. The molecule has 0 amide bonds. The summed E-state index contributed by atoms with van der Waals surface area (Å²) in [6.45, 7) is 0. The number of benzene rings is 7. The Morgan fingerprint density at radius 3 is 1.67 bits per heavy atom. The summed E-state index contributed by atoms with van der Waals surface area (Å²) < 4.78 is 2.45. The molecule has 0 spiro atoms. The van der Waals surface area contributed by atoms with Crippen molar-refractivity contribution in [3.05, 3.63) is 176 Å². The van der Waals surface area contributed by atoms with E-state index in [1.54, 1.807) is 0 Å². The monoisotopic (exact) mass is 672 g/mol. The Balaban J connectivity index is 1.22. The van der Waals surface area contributed by atoms with Gasteiger partial charge in [0.2, 0.25) is 0 Å². The molecule has 1 aromatic heterocycles. The number of fused-ring (bicyclic) bond motifs is 5. The summed E-state index contributed by atoms with van der Waals surface area (Å²) in [6.07, 6.45) is 0. The van der Waals surface area contributed by atoms with Gasteiger partial charge in [-0.2, -0.15) is 0 Å². The SMILES string of the molecule is [Se]=P(c1ccccc1)(c1ccccc1)c1ccc(-c2ccc3c(c2)N(c2ccccc2)c2cccc4c5ccccc5n-3c24)cc1. The Hall–Kier alpha value is -4.91. The molecule has 0 radical (unpaired) electrons. The molecule has 218 valence electrons. The summed E-state index contributed by atoms with van der Waals surface area (Å²) in [5.41, 5.74) is 7.68. The fourth-order valence-corrected chi connectivity index (χ4v) is 12.0. The van der Waals surface area contributed by atoms with Crippen molar-refractivity contribution in [2.24, 2.45) is 0 Å².